The van der Waals surface area contributed by atoms with Gasteiger partial charge in [-0.25, -0.2) is 4.98 Å². The van der Waals surface area contributed by atoms with Crippen molar-refractivity contribution in [2.24, 2.45) is 0 Å². The van der Waals surface area contributed by atoms with Crippen LogP contribution >= 0.6 is 0 Å². The molecule has 0 atom stereocenters. The van der Waals surface area contributed by atoms with Gasteiger partial charge in [0.05, 0.1) is 6.54 Å². The third-order valence-corrected chi connectivity index (χ3v) is 4.88. The zero-order valence-electron chi connectivity index (χ0n) is 14.3. The van der Waals surface area contributed by atoms with Crippen molar-refractivity contribution in [1.82, 2.24) is 30.0 Å². The molecule has 2 N–H and O–H groups in total. The van der Waals surface area contributed by atoms with E-state index in [2.05, 4.69) is 38.1 Å². The molecule has 1 aliphatic heterocycles. The highest BCUT2D eigenvalue weighted by molar-refractivity contribution is 6.01. The molecule has 3 heterocycles. The Morgan fingerprint density at radius 1 is 1.20 bits per heavy atom. The molecule has 0 spiro atoms. The smallest absolute Gasteiger partial charge is 0.270 e. The van der Waals surface area contributed by atoms with Crippen LogP contribution in [0.3, 0.4) is 0 Å². The number of rotatable bonds is 4. The van der Waals surface area contributed by atoms with Gasteiger partial charge in [0.2, 0.25) is 0 Å². The minimum atomic E-state index is 0.104. The molecule has 7 nitrogen and oxygen atoms in total. The summed E-state index contributed by atoms with van der Waals surface area (Å²) < 4.78 is 0. The van der Waals surface area contributed by atoms with Crippen molar-refractivity contribution in [3.63, 3.8) is 0 Å². The number of para-hydroxylation sites is 1. The predicted octanol–water partition coefficient (Wildman–Crippen LogP) is 1.81. The van der Waals surface area contributed by atoms with Crippen LogP contribution in [0, 0.1) is 0 Å². The highest BCUT2D eigenvalue weighted by Crippen LogP contribution is 2.24. The van der Waals surface area contributed by atoms with E-state index in [1.54, 1.807) is 0 Å². The summed E-state index contributed by atoms with van der Waals surface area (Å²) in [7, 11) is 0. The van der Waals surface area contributed by atoms with E-state index in [-0.39, 0.29) is 5.91 Å². The van der Waals surface area contributed by atoms with E-state index in [4.69, 9.17) is 0 Å². The number of nitrogens with one attached hydrogen (secondary N) is 2. The molecule has 25 heavy (non-hydrogen) atoms. The summed E-state index contributed by atoms with van der Waals surface area (Å²) in [6, 6.07) is 8.12. The second-order valence-electron chi connectivity index (χ2n) is 6.38. The van der Waals surface area contributed by atoms with Gasteiger partial charge in [0.15, 0.2) is 0 Å². The lowest BCUT2D eigenvalue weighted by Gasteiger charge is -2.34. The number of aryl methyl sites for hydroxylation is 1. The maximum absolute atomic E-state index is 13.0. The highest BCUT2D eigenvalue weighted by Gasteiger charge is 2.25. The van der Waals surface area contributed by atoms with Gasteiger partial charge in [0, 0.05) is 37.1 Å². The Balaban J connectivity index is 1.47. The summed E-state index contributed by atoms with van der Waals surface area (Å²) in [6.45, 7) is 5.98. The Morgan fingerprint density at radius 2 is 2.00 bits per heavy atom. The van der Waals surface area contributed by atoms with E-state index in [0.29, 0.717) is 0 Å². The molecule has 3 aromatic rings. The summed E-state index contributed by atoms with van der Waals surface area (Å²) in [4.78, 5) is 24.8. The predicted molar refractivity (Wildman–Crippen MR) is 95.2 cm³/mol. The van der Waals surface area contributed by atoms with Crippen molar-refractivity contribution in [1.29, 1.82) is 0 Å². The number of amides is 1. The van der Waals surface area contributed by atoms with Crippen LogP contribution in [0.1, 0.15) is 28.8 Å². The minimum Gasteiger partial charge on any atom is -0.350 e. The number of fused-ring (bicyclic) bond motifs is 1. The van der Waals surface area contributed by atoms with Crippen LogP contribution < -0.4 is 0 Å². The minimum absolute atomic E-state index is 0.104. The van der Waals surface area contributed by atoms with E-state index in [1.165, 1.54) is 6.33 Å². The maximum Gasteiger partial charge on any atom is 0.270 e. The van der Waals surface area contributed by atoms with Crippen LogP contribution in [0.4, 0.5) is 0 Å². The first kappa shape index (κ1) is 15.8. The third kappa shape index (κ3) is 3.02. The Kier molecular flexibility index (Phi) is 4.23. The molecule has 4 rings (SSSR count). The summed E-state index contributed by atoms with van der Waals surface area (Å²) >= 11 is 0. The van der Waals surface area contributed by atoms with Crippen molar-refractivity contribution >= 4 is 16.8 Å². The molecule has 0 unspecified atom stereocenters. The van der Waals surface area contributed by atoms with Crippen LogP contribution in [0.5, 0.6) is 0 Å². The number of piperazine rings is 1. The molecule has 0 saturated carbocycles. The van der Waals surface area contributed by atoms with Crippen molar-refractivity contribution in [2.75, 3.05) is 26.2 Å². The fourth-order valence-corrected chi connectivity index (χ4v) is 3.54. The molecule has 130 valence electrons. The quantitative estimate of drug-likeness (QED) is 0.760. The summed E-state index contributed by atoms with van der Waals surface area (Å²) in [5.41, 5.74) is 2.89. The average Bonchev–Trinajstić information content (AvgIpc) is 3.28. The molecule has 1 amide bonds. The first-order valence-electron chi connectivity index (χ1n) is 8.71. The number of aromatic nitrogens is 4. The molecule has 0 radical (unpaired) electrons. The topological polar surface area (TPSA) is 80.9 Å². The molecule has 0 bridgehead atoms. The van der Waals surface area contributed by atoms with Gasteiger partial charge in [-0.2, -0.15) is 5.10 Å². The van der Waals surface area contributed by atoms with Crippen LogP contribution in [-0.4, -0.2) is 62.1 Å². The van der Waals surface area contributed by atoms with E-state index in [9.17, 15) is 4.79 Å². The lowest BCUT2D eigenvalue weighted by atomic mass is 10.1. The number of benzene rings is 1. The normalized spacial score (nSPS) is 15.8. The van der Waals surface area contributed by atoms with Gasteiger partial charge in [0.1, 0.15) is 17.8 Å². The standard InChI is InChI=1S/C18H22N6O/c1-2-13-14-5-3-4-6-15(14)21-17(13)18(25)24-9-7-23(8-10-24)11-16-19-12-20-22-16/h3-6,12,21H,2,7-11H2,1H3,(H,19,20,22). The van der Waals surface area contributed by atoms with E-state index < -0.39 is 0 Å². The van der Waals surface area contributed by atoms with E-state index in [1.807, 2.05) is 23.1 Å². The van der Waals surface area contributed by atoms with E-state index >= 15 is 0 Å². The number of aromatic amines is 2. The Hall–Kier alpha value is -2.67. The zero-order chi connectivity index (χ0) is 17.2. The summed E-state index contributed by atoms with van der Waals surface area (Å²) in [5.74, 6) is 0.969. The van der Waals surface area contributed by atoms with Crippen molar-refractivity contribution in [3.8, 4) is 0 Å². The van der Waals surface area contributed by atoms with Gasteiger partial charge in [-0.05, 0) is 18.1 Å². The van der Waals surface area contributed by atoms with Crippen molar-refractivity contribution in [2.45, 2.75) is 19.9 Å². The summed E-state index contributed by atoms with van der Waals surface area (Å²) in [5, 5.41) is 7.92. The molecule has 1 aliphatic rings. The first-order chi connectivity index (χ1) is 12.3. The molecule has 1 saturated heterocycles. The van der Waals surface area contributed by atoms with Crippen molar-refractivity contribution < 1.29 is 4.79 Å². The largest absolute Gasteiger partial charge is 0.350 e. The second-order valence-corrected chi connectivity index (χ2v) is 6.38. The number of H-pyrrole nitrogens is 2. The van der Waals surface area contributed by atoms with Gasteiger partial charge in [0.25, 0.3) is 5.91 Å². The SMILES string of the molecule is CCc1c(C(=O)N2CCN(Cc3ncn[nH]3)CC2)[nH]c2ccccc12. The van der Waals surface area contributed by atoms with Crippen LogP contribution in [0.2, 0.25) is 0 Å². The fraction of sp³-hybridized carbons (Fsp3) is 0.389. The molecular weight excluding hydrogens is 316 g/mol. The highest BCUT2D eigenvalue weighted by atomic mass is 16.2. The van der Waals surface area contributed by atoms with Gasteiger partial charge < -0.3 is 9.88 Å². The van der Waals surface area contributed by atoms with Crippen LogP contribution in [0.25, 0.3) is 10.9 Å². The first-order valence-corrected chi connectivity index (χ1v) is 8.71. The van der Waals surface area contributed by atoms with Gasteiger partial charge >= 0.3 is 0 Å². The molecule has 7 heteroatoms. The average molecular weight is 338 g/mol. The maximum atomic E-state index is 13.0. The Bertz CT molecular complexity index is 861. The molecular formula is C18H22N6O. The van der Waals surface area contributed by atoms with Gasteiger partial charge in [-0.1, -0.05) is 25.1 Å². The lowest BCUT2D eigenvalue weighted by molar-refractivity contribution is 0.0619. The zero-order valence-corrected chi connectivity index (χ0v) is 14.3. The number of carbonyl (C=O) groups excluding carboxylic acids is 1. The monoisotopic (exact) mass is 338 g/mol. The second kappa shape index (κ2) is 6.68. The molecule has 1 aromatic carbocycles. The third-order valence-electron chi connectivity index (χ3n) is 4.88. The van der Waals surface area contributed by atoms with Gasteiger partial charge in [-0.3, -0.25) is 14.8 Å². The molecule has 0 aliphatic carbocycles. The number of nitrogens with zero attached hydrogens (tertiary/aromatic N) is 4. The number of hydrogen-bond donors (Lipinski definition) is 2. The van der Waals surface area contributed by atoms with Gasteiger partial charge in [-0.15, -0.1) is 0 Å². The Morgan fingerprint density at radius 3 is 2.72 bits per heavy atom. The van der Waals surface area contributed by atoms with Crippen LogP contribution in [-0.2, 0) is 13.0 Å². The van der Waals surface area contributed by atoms with E-state index in [0.717, 1.165) is 67.1 Å². The number of carbonyl (C=O) groups is 1. The lowest BCUT2D eigenvalue weighted by Crippen LogP contribution is -2.48. The summed E-state index contributed by atoms with van der Waals surface area (Å²) in [6.07, 6.45) is 2.37. The number of hydrogen-bond acceptors (Lipinski definition) is 4. The molecule has 1 fully saturated rings. The van der Waals surface area contributed by atoms with Crippen molar-refractivity contribution in [3.05, 3.63) is 47.7 Å². The van der Waals surface area contributed by atoms with Crippen LogP contribution in [0.15, 0.2) is 30.6 Å². The molecule has 2 aromatic heterocycles. The Labute approximate surface area is 146 Å². The fourth-order valence-electron chi connectivity index (χ4n) is 3.54.